The Labute approximate surface area is 58.0 Å². The summed E-state index contributed by atoms with van der Waals surface area (Å²) < 4.78 is 20.3. The van der Waals surface area contributed by atoms with Crippen molar-refractivity contribution < 1.29 is 18.9 Å². The van der Waals surface area contributed by atoms with E-state index in [1.165, 1.54) is 0 Å². The van der Waals surface area contributed by atoms with Gasteiger partial charge in [0.25, 0.3) is 0 Å². The Bertz CT molecular complexity index is 161. The summed E-state index contributed by atoms with van der Waals surface area (Å²) in [6, 6.07) is 0. The van der Waals surface area contributed by atoms with Crippen molar-refractivity contribution in [2.24, 2.45) is 0 Å². The van der Waals surface area contributed by atoms with Crippen LogP contribution in [0, 0.1) is 0 Å². The highest BCUT2D eigenvalue weighted by molar-refractivity contribution is 4.99. The molecule has 0 aliphatic carbocycles. The molecule has 4 heteroatoms. The molecule has 3 aliphatic heterocycles. The van der Waals surface area contributed by atoms with E-state index < -0.39 is 0 Å². The summed E-state index contributed by atoms with van der Waals surface area (Å²) in [6.45, 7) is 2.18. The summed E-state index contributed by atoms with van der Waals surface area (Å²) in [7, 11) is 0. The van der Waals surface area contributed by atoms with Crippen LogP contribution in [0.3, 0.4) is 0 Å². The fourth-order valence-corrected chi connectivity index (χ4v) is 0.942. The van der Waals surface area contributed by atoms with E-state index in [2.05, 4.69) is 0 Å². The molecule has 3 rings (SSSR count). The molecule has 0 radical (unpaired) electrons. The molecule has 0 saturated carbocycles. The van der Waals surface area contributed by atoms with Gasteiger partial charge in [-0.15, -0.1) is 0 Å². The maximum Gasteiger partial charge on any atom is 0.247 e. The molecule has 3 saturated heterocycles. The Kier molecular flexibility index (Phi) is 0.840. The summed E-state index contributed by atoms with van der Waals surface area (Å²) in [5.74, 6) is -0.297. The third-order valence-corrected chi connectivity index (χ3v) is 1.87. The minimum atomic E-state index is -0.297. The third-order valence-electron chi connectivity index (χ3n) is 1.87. The number of epoxide rings is 3. The SMILES string of the molecule is C1OC1COC1OC12CO2. The van der Waals surface area contributed by atoms with Crippen LogP contribution in [0.4, 0.5) is 0 Å². The molecule has 3 aliphatic rings. The van der Waals surface area contributed by atoms with Gasteiger partial charge in [0.15, 0.2) is 0 Å². The second kappa shape index (κ2) is 1.53. The van der Waals surface area contributed by atoms with Gasteiger partial charge in [0.05, 0.1) is 13.2 Å². The zero-order chi connectivity index (χ0) is 6.60. The van der Waals surface area contributed by atoms with Crippen LogP contribution in [0.25, 0.3) is 0 Å². The Morgan fingerprint density at radius 1 is 1.60 bits per heavy atom. The lowest BCUT2D eigenvalue weighted by molar-refractivity contribution is 0.0404. The second-order valence-electron chi connectivity index (χ2n) is 2.84. The van der Waals surface area contributed by atoms with Crippen molar-refractivity contribution in [1.29, 1.82) is 0 Å². The first-order valence-electron chi connectivity index (χ1n) is 3.44. The lowest BCUT2D eigenvalue weighted by Crippen LogP contribution is -2.06. The zero-order valence-corrected chi connectivity index (χ0v) is 5.41. The van der Waals surface area contributed by atoms with E-state index in [0.717, 1.165) is 6.61 Å². The Balaban J connectivity index is 1.44. The molecule has 3 heterocycles. The largest absolute Gasteiger partial charge is 0.371 e. The maximum atomic E-state index is 5.28. The first-order chi connectivity index (χ1) is 4.89. The van der Waals surface area contributed by atoms with E-state index in [4.69, 9.17) is 18.9 Å². The number of ether oxygens (including phenoxy) is 4. The van der Waals surface area contributed by atoms with E-state index in [1.807, 2.05) is 0 Å². The third kappa shape index (κ3) is 0.769. The van der Waals surface area contributed by atoms with Crippen LogP contribution in [0.2, 0.25) is 0 Å². The van der Waals surface area contributed by atoms with Gasteiger partial charge >= 0.3 is 0 Å². The van der Waals surface area contributed by atoms with Crippen LogP contribution in [0.1, 0.15) is 0 Å². The molecule has 0 amide bonds. The number of rotatable bonds is 3. The predicted molar refractivity (Wildman–Crippen MR) is 29.2 cm³/mol. The molecule has 0 aromatic rings. The zero-order valence-electron chi connectivity index (χ0n) is 5.41. The molecule has 0 N–H and O–H groups in total. The fraction of sp³-hybridized carbons (Fsp3) is 1.00. The van der Waals surface area contributed by atoms with Gasteiger partial charge in [0, 0.05) is 0 Å². The van der Waals surface area contributed by atoms with Crippen molar-refractivity contribution in [3.8, 4) is 0 Å². The van der Waals surface area contributed by atoms with Crippen molar-refractivity contribution in [1.82, 2.24) is 0 Å². The van der Waals surface area contributed by atoms with E-state index in [0.29, 0.717) is 19.3 Å². The molecule has 4 nitrogen and oxygen atoms in total. The summed E-state index contributed by atoms with van der Waals surface area (Å²) in [4.78, 5) is 0. The smallest absolute Gasteiger partial charge is 0.247 e. The van der Waals surface area contributed by atoms with Crippen molar-refractivity contribution in [3.05, 3.63) is 0 Å². The molecule has 0 bridgehead atoms. The first-order valence-corrected chi connectivity index (χ1v) is 3.44. The van der Waals surface area contributed by atoms with Gasteiger partial charge in [-0.25, -0.2) is 0 Å². The van der Waals surface area contributed by atoms with Crippen LogP contribution in [0.5, 0.6) is 0 Å². The minimum absolute atomic E-state index is 0.100. The summed E-state index contributed by atoms with van der Waals surface area (Å²) in [6.07, 6.45) is 0.219. The van der Waals surface area contributed by atoms with Gasteiger partial charge in [0.2, 0.25) is 12.1 Å². The average Bonchev–Trinajstić information content (AvgIpc) is 2.76. The lowest BCUT2D eigenvalue weighted by Gasteiger charge is -1.92. The van der Waals surface area contributed by atoms with Crippen molar-refractivity contribution in [2.75, 3.05) is 19.8 Å². The topological polar surface area (TPSA) is 46.8 Å². The van der Waals surface area contributed by atoms with Crippen molar-refractivity contribution >= 4 is 0 Å². The normalized spacial score (nSPS) is 55.2. The van der Waals surface area contributed by atoms with Gasteiger partial charge in [-0.3, -0.25) is 0 Å². The van der Waals surface area contributed by atoms with Gasteiger partial charge in [-0.2, -0.15) is 0 Å². The summed E-state index contributed by atoms with van der Waals surface area (Å²) in [5, 5.41) is 0. The minimum Gasteiger partial charge on any atom is -0.371 e. The Morgan fingerprint density at radius 2 is 2.40 bits per heavy atom. The molecule has 3 atom stereocenters. The van der Waals surface area contributed by atoms with Crippen LogP contribution in [0.15, 0.2) is 0 Å². The fourth-order valence-electron chi connectivity index (χ4n) is 0.942. The van der Waals surface area contributed by atoms with Crippen LogP contribution in [-0.4, -0.2) is 38.0 Å². The van der Waals surface area contributed by atoms with Crippen LogP contribution < -0.4 is 0 Å². The number of hydrogen-bond donors (Lipinski definition) is 0. The van der Waals surface area contributed by atoms with Gasteiger partial charge in [-0.1, -0.05) is 0 Å². The highest BCUT2D eigenvalue weighted by atomic mass is 16.9. The first kappa shape index (κ1) is 5.49. The van der Waals surface area contributed by atoms with Crippen LogP contribution in [-0.2, 0) is 18.9 Å². The van der Waals surface area contributed by atoms with E-state index in [9.17, 15) is 0 Å². The van der Waals surface area contributed by atoms with Crippen LogP contribution >= 0.6 is 0 Å². The molecule has 3 fully saturated rings. The van der Waals surface area contributed by atoms with Crippen molar-refractivity contribution in [3.63, 3.8) is 0 Å². The average molecular weight is 144 g/mol. The maximum absolute atomic E-state index is 5.28. The van der Waals surface area contributed by atoms with Gasteiger partial charge < -0.3 is 18.9 Å². The second-order valence-corrected chi connectivity index (χ2v) is 2.84. The van der Waals surface area contributed by atoms with Gasteiger partial charge in [-0.05, 0) is 0 Å². The Morgan fingerprint density at radius 3 is 2.90 bits per heavy atom. The molecule has 10 heavy (non-hydrogen) atoms. The monoisotopic (exact) mass is 144 g/mol. The quantitative estimate of drug-likeness (QED) is 0.500. The molecule has 0 aromatic heterocycles. The van der Waals surface area contributed by atoms with E-state index in [-0.39, 0.29) is 12.1 Å². The molecule has 56 valence electrons. The van der Waals surface area contributed by atoms with Gasteiger partial charge in [0.1, 0.15) is 12.7 Å². The van der Waals surface area contributed by atoms with E-state index in [1.54, 1.807) is 0 Å². The highest BCUT2D eigenvalue weighted by Gasteiger charge is 2.70. The lowest BCUT2D eigenvalue weighted by atomic mass is 10.5. The van der Waals surface area contributed by atoms with Crippen molar-refractivity contribution in [2.45, 2.75) is 18.2 Å². The standard InChI is InChI=1S/C6H8O4/c1-4(7-1)2-8-5-6(10-5)3-9-6/h4-5H,1-3H2. The molecular weight excluding hydrogens is 136 g/mol. The summed E-state index contributed by atoms with van der Waals surface area (Å²) >= 11 is 0. The molecule has 0 aromatic carbocycles. The molecule has 3 unspecified atom stereocenters. The predicted octanol–water partition coefficient (Wildman–Crippen LogP) is -0.515. The van der Waals surface area contributed by atoms with E-state index >= 15 is 0 Å². The number of hydrogen-bond acceptors (Lipinski definition) is 4. The highest BCUT2D eigenvalue weighted by Crippen LogP contribution is 2.49. The molecule has 1 spiro atoms. The Hall–Kier alpha value is -0.160. The summed E-state index contributed by atoms with van der Waals surface area (Å²) in [5.41, 5.74) is 0. The molecular formula is C6H8O4.